The number of carbonyl (C=O) groups excluding carboxylic acids is 2. The van der Waals surface area contributed by atoms with Crippen LogP contribution in [0.25, 0.3) is 11.1 Å². The molecule has 3 aliphatic rings. The lowest BCUT2D eigenvalue weighted by molar-refractivity contribution is -0.125. The van der Waals surface area contributed by atoms with Gasteiger partial charge >= 0.3 is 0 Å². The predicted molar refractivity (Wildman–Crippen MR) is 151 cm³/mol. The van der Waals surface area contributed by atoms with Gasteiger partial charge in [-0.25, -0.2) is 0 Å². The lowest BCUT2D eigenvalue weighted by Gasteiger charge is -2.37. The van der Waals surface area contributed by atoms with E-state index in [1.54, 1.807) is 0 Å². The fourth-order valence-corrected chi connectivity index (χ4v) is 6.94. The Labute approximate surface area is 225 Å². The molecular weight excluding hydrogens is 470 g/mol. The highest BCUT2D eigenvalue weighted by Crippen LogP contribution is 2.51. The minimum atomic E-state index is -0.644. The van der Waals surface area contributed by atoms with Crippen LogP contribution in [0.1, 0.15) is 66.1 Å². The topological polar surface area (TPSA) is 52.7 Å². The second-order valence-corrected chi connectivity index (χ2v) is 11.0. The third-order valence-corrected chi connectivity index (χ3v) is 8.86. The van der Waals surface area contributed by atoms with Gasteiger partial charge in [0.15, 0.2) is 0 Å². The predicted octanol–water partition coefficient (Wildman–Crippen LogP) is 5.38. The molecule has 5 nitrogen and oxygen atoms in total. The Hall–Kier alpha value is -3.44. The van der Waals surface area contributed by atoms with E-state index in [1.807, 2.05) is 18.2 Å². The van der Waals surface area contributed by atoms with Crippen LogP contribution >= 0.6 is 0 Å². The number of fused-ring (bicyclic) bond motifs is 4. The number of nitrogens with zero attached hydrogens (tertiary/aromatic N) is 2. The third kappa shape index (κ3) is 4.14. The van der Waals surface area contributed by atoms with Crippen molar-refractivity contribution in [3.05, 3.63) is 95.1 Å². The number of piperidine rings is 1. The molecule has 0 radical (unpaired) electrons. The largest absolute Gasteiger partial charge is 0.355 e. The fraction of sp³-hybridized carbons (Fsp3) is 0.394. The number of rotatable bonds is 8. The molecule has 0 saturated carbocycles. The van der Waals surface area contributed by atoms with Crippen LogP contribution in [-0.2, 0) is 16.8 Å². The van der Waals surface area contributed by atoms with Crippen LogP contribution in [0.2, 0.25) is 0 Å². The summed E-state index contributed by atoms with van der Waals surface area (Å²) in [6, 6.07) is 25.2. The van der Waals surface area contributed by atoms with E-state index in [-0.39, 0.29) is 11.8 Å². The monoisotopic (exact) mass is 507 g/mol. The van der Waals surface area contributed by atoms with Crippen molar-refractivity contribution in [2.75, 3.05) is 26.2 Å². The van der Waals surface area contributed by atoms with Crippen LogP contribution in [0, 0.1) is 0 Å². The third-order valence-electron chi connectivity index (χ3n) is 8.86. The van der Waals surface area contributed by atoms with Gasteiger partial charge in [-0.15, -0.1) is 0 Å². The smallest absolute Gasteiger partial charge is 0.254 e. The molecule has 5 heteroatoms. The lowest BCUT2D eigenvalue weighted by atomic mass is 9.73. The van der Waals surface area contributed by atoms with E-state index in [0.717, 1.165) is 80.5 Å². The molecule has 38 heavy (non-hydrogen) atoms. The van der Waals surface area contributed by atoms with E-state index < -0.39 is 5.41 Å². The van der Waals surface area contributed by atoms with Crippen LogP contribution in [0.5, 0.6) is 0 Å². The molecule has 1 N–H and O–H groups in total. The maximum absolute atomic E-state index is 13.9. The van der Waals surface area contributed by atoms with Crippen LogP contribution in [-0.4, -0.2) is 53.8 Å². The summed E-state index contributed by atoms with van der Waals surface area (Å²) >= 11 is 0. The second kappa shape index (κ2) is 10.4. The molecule has 0 aromatic heterocycles. The van der Waals surface area contributed by atoms with Crippen molar-refractivity contribution in [2.24, 2.45) is 0 Å². The molecule has 196 valence electrons. The summed E-state index contributed by atoms with van der Waals surface area (Å²) in [4.78, 5) is 31.4. The van der Waals surface area contributed by atoms with Crippen LogP contribution in [0.3, 0.4) is 0 Å². The minimum Gasteiger partial charge on any atom is -0.355 e. The highest BCUT2D eigenvalue weighted by molar-refractivity contribution is 6.00. The van der Waals surface area contributed by atoms with E-state index >= 15 is 0 Å². The molecule has 3 aromatic carbocycles. The molecule has 0 unspecified atom stereocenters. The van der Waals surface area contributed by atoms with Gasteiger partial charge < -0.3 is 15.1 Å². The minimum absolute atomic E-state index is 0.127. The average Bonchev–Trinajstić information content (AvgIpc) is 3.45. The molecule has 2 aliphatic heterocycles. The van der Waals surface area contributed by atoms with Gasteiger partial charge in [-0.2, -0.15) is 0 Å². The first-order valence-electron chi connectivity index (χ1n) is 14.2. The number of hydrogen-bond acceptors (Lipinski definition) is 3. The van der Waals surface area contributed by atoms with Gasteiger partial charge in [0, 0.05) is 37.8 Å². The summed E-state index contributed by atoms with van der Waals surface area (Å²) in [7, 11) is 0. The van der Waals surface area contributed by atoms with E-state index in [0.29, 0.717) is 12.6 Å². The number of hydrogen-bond donors (Lipinski definition) is 1. The first-order chi connectivity index (χ1) is 18.6. The van der Waals surface area contributed by atoms with E-state index in [2.05, 4.69) is 76.6 Å². The van der Waals surface area contributed by atoms with Crippen LogP contribution < -0.4 is 5.32 Å². The van der Waals surface area contributed by atoms with Crippen LogP contribution in [0.15, 0.2) is 72.8 Å². The molecule has 3 aromatic rings. The molecule has 1 aliphatic carbocycles. The van der Waals surface area contributed by atoms with Crippen molar-refractivity contribution < 1.29 is 9.59 Å². The molecule has 0 atom stereocenters. The van der Waals surface area contributed by atoms with Gasteiger partial charge in [0.25, 0.3) is 5.91 Å². The highest BCUT2D eigenvalue weighted by atomic mass is 16.2. The fourth-order valence-electron chi connectivity index (χ4n) is 6.94. The zero-order chi connectivity index (χ0) is 26.1. The average molecular weight is 508 g/mol. The second-order valence-electron chi connectivity index (χ2n) is 11.0. The Morgan fingerprint density at radius 3 is 2.13 bits per heavy atom. The van der Waals surface area contributed by atoms with Crippen molar-refractivity contribution in [1.29, 1.82) is 0 Å². The zero-order valence-corrected chi connectivity index (χ0v) is 22.3. The molecule has 0 spiro atoms. The maximum atomic E-state index is 13.9. The van der Waals surface area contributed by atoms with Gasteiger partial charge in [-0.05, 0) is 72.5 Å². The molecule has 2 amide bonds. The first kappa shape index (κ1) is 24.9. The van der Waals surface area contributed by atoms with Crippen molar-refractivity contribution in [1.82, 2.24) is 15.1 Å². The quantitative estimate of drug-likeness (QED) is 0.445. The molecule has 1 fully saturated rings. The lowest BCUT2D eigenvalue weighted by Crippen LogP contribution is -2.46. The van der Waals surface area contributed by atoms with Crippen molar-refractivity contribution >= 4 is 11.8 Å². The summed E-state index contributed by atoms with van der Waals surface area (Å²) in [6.45, 7) is 6.49. The summed E-state index contributed by atoms with van der Waals surface area (Å²) in [5.74, 6) is 0.320. The summed E-state index contributed by atoms with van der Waals surface area (Å²) in [5, 5.41) is 3.24. The molecule has 0 bridgehead atoms. The first-order valence-corrected chi connectivity index (χ1v) is 14.2. The molecule has 6 rings (SSSR count). The van der Waals surface area contributed by atoms with Crippen molar-refractivity contribution in [3.8, 4) is 11.1 Å². The highest BCUT2D eigenvalue weighted by Gasteiger charge is 2.48. The van der Waals surface area contributed by atoms with Crippen LogP contribution in [0.4, 0.5) is 0 Å². The number of amides is 2. The van der Waals surface area contributed by atoms with E-state index in [4.69, 9.17) is 0 Å². The Kier molecular flexibility index (Phi) is 6.79. The van der Waals surface area contributed by atoms with E-state index in [1.165, 1.54) is 11.1 Å². The summed E-state index contributed by atoms with van der Waals surface area (Å²) < 4.78 is 0. The Bertz CT molecular complexity index is 1300. The van der Waals surface area contributed by atoms with Gasteiger partial charge in [0.1, 0.15) is 5.41 Å². The van der Waals surface area contributed by atoms with Gasteiger partial charge in [0.2, 0.25) is 5.91 Å². The Morgan fingerprint density at radius 2 is 1.50 bits per heavy atom. The van der Waals surface area contributed by atoms with Gasteiger partial charge in [-0.1, -0.05) is 73.7 Å². The standard InChI is InChI=1S/C33H37N3O2/c1-2-19-34-32(38)33(29-14-7-5-12-27(29)28-13-6-8-15-30(28)33)18-9-20-35-21-16-25(17-22-35)36-23-24-10-3-4-11-26(24)31(36)37/h3-8,10-15,25H,2,9,16-23H2,1H3,(H,34,38). The van der Waals surface area contributed by atoms with E-state index in [9.17, 15) is 9.59 Å². The van der Waals surface area contributed by atoms with Crippen molar-refractivity contribution in [3.63, 3.8) is 0 Å². The Balaban J connectivity index is 1.14. The summed E-state index contributed by atoms with van der Waals surface area (Å²) in [6.07, 6.45) is 4.67. The normalized spacial score (nSPS) is 18.2. The Morgan fingerprint density at radius 1 is 0.895 bits per heavy atom. The summed E-state index contributed by atoms with van der Waals surface area (Å²) in [5.41, 5.74) is 6.04. The zero-order valence-electron chi connectivity index (χ0n) is 22.3. The molecular formula is C33H37N3O2. The number of benzene rings is 3. The van der Waals surface area contributed by atoms with Gasteiger partial charge in [0.05, 0.1) is 0 Å². The SMILES string of the molecule is CCCNC(=O)C1(CCCN2CCC(N3Cc4ccccc4C3=O)CC2)c2ccccc2-c2ccccc21. The van der Waals surface area contributed by atoms with Crippen molar-refractivity contribution in [2.45, 2.75) is 57.0 Å². The van der Waals surface area contributed by atoms with Gasteiger partial charge in [-0.3, -0.25) is 9.59 Å². The maximum Gasteiger partial charge on any atom is 0.254 e. The molecule has 2 heterocycles. The number of carbonyl (C=O) groups is 2. The molecule has 1 saturated heterocycles. The number of nitrogens with one attached hydrogen (secondary N) is 1. The number of likely N-dealkylation sites (tertiary alicyclic amines) is 1.